The Hall–Kier alpha value is -3.13. The molecule has 1 aliphatic rings. The molecule has 128 valence electrons. The molecule has 1 N–H and O–H groups in total. The molecule has 0 atom stereocenters. The third-order valence-corrected chi connectivity index (χ3v) is 5.35. The molecule has 7 nitrogen and oxygen atoms in total. The number of H-pyrrole nitrogens is 1. The highest BCUT2D eigenvalue weighted by Gasteiger charge is 2.34. The Labute approximate surface area is 152 Å². The van der Waals surface area contributed by atoms with Gasteiger partial charge in [-0.3, -0.25) is 18.9 Å². The van der Waals surface area contributed by atoms with Crippen molar-refractivity contribution >= 4 is 40.4 Å². The number of fused-ring (bicyclic) bond motifs is 4. The average Bonchev–Trinajstić information content (AvgIpc) is 3.30. The number of hydrogen-bond donors (Lipinski definition) is 1. The number of imide groups is 1. The lowest BCUT2D eigenvalue weighted by molar-refractivity contribution is 0.0664. The van der Waals surface area contributed by atoms with E-state index in [1.807, 2.05) is 28.7 Å². The molecule has 1 aliphatic heterocycles. The first-order valence-corrected chi connectivity index (χ1v) is 9.12. The SMILES string of the molecule is O=C1c2ccccc2C(=O)N1CCSc1n[nH]c2nc3ccccc3n12. The standard InChI is InChI=1S/C18H13N5O2S/c24-15-11-5-1-2-6-12(11)16(25)22(15)9-10-26-18-21-20-17-19-13-7-3-4-8-14(13)23(17)18/h1-8H,9-10H2,(H,19,20). The van der Waals surface area contributed by atoms with Crippen LogP contribution in [0.1, 0.15) is 20.7 Å². The third kappa shape index (κ3) is 2.15. The number of amides is 2. The Kier molecular flexibility index (Phi) is 3.32. The lowest BCUT2D eigenvalue weighted by atomic mass is 10.1. The summed E-state index contributed by atoms with van der Waals surface area (Å²) >= 11 is 1.48. The number of aromatic amines is 1. The molecule has 3 heterocycles. The maximum Gasteiger partial charge on any atom is 0.261 e. The zero-order valence-corrected chi connectivity index (χ0v) is 14.4. The number of rotatable bonds is 4. The number of thioether (sulfide) groups is 1. The number of aromatic nitrogens is 4. The smallest absolute Gasteiger partial charge is 0.261 e. The van der Waals surface area contributed by atoms with Crippen LogP contribution in [0.3, 0.4) is 0 Å². The van der Waals surface area contributed by atoms with Gasteiger partial charge in [-0.05, 0) is 24.3 Å². The molecule has 0 aliphatic carbocycles. The monoisotopic (exact) mass is 363 g/mol. The highest BCUT2D eigenvalue weighted by atomic mass is 32.2. The van der Waals surface area contributed by atoms with Gasteiger partial charge >= 0.3 is 0 Å². The number of hydrogen-bond acceptors (Lipinski definition) is 5. The second kappa shape index (κ2) is 5.70. The fourth-order valence-corrected chi connectivity index (χ4v) is 4.09. The summed E-state index contributed by atoms with van der Waals surface area (Å²) in [6.45, 7) is 0.331. The Bertz CT molecular complexity index is 1140. The molecule has 2 aromatic carbocycles. The van der Waals surface area contributed by atoms with E-state index in [1.165, 1.54) is 16.7 Å². The Morgan fingerprint density at radius 2 is 1.65 bits per heavy atom. The van der Waals surface area contributed by atoms with Crippen LogP contribution in [0.15, 0.2) is 53.7 Å². The summed E-state index contributed by atoms with van der Waals surface area (Å²) in [6, 6.07) is 14.8. The summed E-state index contributed by atoms with van der Waals surface area (Å²) in [5, 5.41) is 7.97. The van der Waals surface area contributed by atoms with E-state index in [1.54, 1.807) is 24.3 Å². The molecule has 2 amide bonds. The van der Waals surface area contributed by atoms with Gasteiger partial charge in [0.2, 0.25) is 5.78 Å². The van der Waals surface area contributed by atoms with Gasteiger partial charge < -0.3 is 0 Å². The molecule has 0 bridgehead atoms. The van der Waals surface area contributed by atoms with Gasteiger partial charge in [-0.25, -0.2) is 10.1 Å². The van der Waals surface area contributed by atoms with E-state index in [0.717, 1.165) is 16.2 Å². The van der Waals surface area contributed by atoms with E-state index in [9.17, 15) is 9.59 Å². The maximum atomic E-state index is 12.4. The molecule has 0 fully saturated rings. The normalized spacial score (nSPS) is 13.9. The van der Waals surface area contributed by atoms with Crippen LogP contribution in [0.5, 0.6) is 0 Å². The number of nitrogens with one attached hydrogen (secondary N) is 1. The van der Waals surface area contributed by atoms with Crippen molar-refractivity contribution < 1.29 is 9.59 Å². The minimum atomic E-state index is -0.230. The fourth-order valence-electron chi connectivity index (χ4n) is 3.21. The van der Waals surface area contributed by atoms with Gasteiger partial charge in [-0.15, -0.1) is 5.10 Å². The number of para-hydroxylation sites is 2. The molecule has 8 heteroatoms. The summed E-state index contributed by atoms with van der Waals surface area (Å²) in [4.78, 5) is 30.6. The topological polar surface area (TPSA) is 83.4 Å². The average molecular weight is 363 g/mol. The Morgan fingerprint density at radius 1 is 0.962 bits per heavy atom. The minimum absolute atomic E-state index is 0.230. The molecular formula is C18H13N5O2S. The van der Waals surface area contributed by atoms with Gasteiger partial charge in [0.1, 0.15) is 0 Å². The van der Waals surface area contributed by atoms with Crippen molar-refractivity contribution in [3.8, 4) is 0 Å². The number of benzene rings is 2. The predicted octanol–water partition coefficient (Wildman–Crippen LogP) is 2.60. The highest BCUT2D eigenvalue weighted by molar-refractivity contribution is 7.99. The van der Waals surface area contributed by atoms with Gasteiger partial charge in [0.15, 0.2) is 5.16 Å². The number of carbonyl (C=O) groups excluding carboxylic acids is 2. The van der Waals surface area contributed by atoms with Crippen LogP contribution in [0.4, 0.5) is 0 Å². The first kappa shape index (κ1) is 15.2. The van der Waals surface area contributed by atoms with E-state index in [-0.39, 0.29) is 11.8 Å². The molecule has 0 unspecified atom stereocenters. The minimum Gasteiger partial charge on any atom is -0.273 e. The van der Waals surface area contributed by atoms with Crippen LogP contribution < -0.4 is 0 Å². The van der Waals surface area contributed by atoms with Gasteiger partial charge in [-0.1, -0.05) is 36.0 Å². The molecule has 0 saturated heterocycles. The van der Waals surface area contributed by atoms with E-state index in [2.05, 4.69) is 15.2 Å². The first-order chi connectivity index (χ1) is 12.7. The van der Waals surface area contributed by atoms with Crippen molar-refractivity contribution in [2.24, 2.45) is 0 Å². The van der Waals surface area contributed by atoms with Crippen LogP contribution in [-0.4, -0.2) is 48.6 Å². The zero-order chi connectivity index (χ0) is 17.7. The van der Waals surface area contributed by atoms with Crippen molar-refractivity contribution in [1.82, 2.24) is 24.5 Å². The molecule has 2 aromatic heterocycles. The quantitative estimate of drug-likeness (QED) is 0.445. The second-order valence-electron chi connectivity index (χ2n) is 5.92. The molecule has 5 rings (SSSR count). The Morgan fingerprint density at radius 3 is 2.42 bits per heavy atom. The van der Waals surface area contributed by atoms with E-state index >= 15 is 0 Å². The number of carbonyl (C=O) groups is 2. The summed E-state index contributed by atoms with van der Waals surface area (Å²) < 4.78 is 1.95. The van der Waals surface area contributed by atoms with E-state index in [0.29, 0.717) is 29.2 Å². The van der Waals surface area contributed by atoms with Gasteiger partial charge in [0, 0.05) is 12.3 Å². The lowest BCUT2D eigenvalue weighted by Crippen LogP contribution is -2.31. The number of imidazole rings is 1. The highest BCUT2D eigenvalue weighted by Crippen LogP contribution is 2.25. The molecule has 0 saturated carbocycles. The molecular weight excluding hydrogens is 350 g/mol. The molecule has 0 spiro atoms. The van der Waals surface area contributed by atoms with Crippen LogP contribution in [0, 0.1) is 0 Å². The fraction of sp³-hybridized carbons (Fsp3) is 0.111. The van der Waals surface area contributed by atoms with Crippen molar-refractivity contribution in [3.63, 3.8) is 0 Å². The van der Waals surface area contributed by atoms with Crippen LogP contribution in [0.25, 0.3) is 16.8 Å². The van der Waals surface area contributed by atoms with E-state index in [4.69, 9.17) is 0 Å². The first-order valence-electron chi connectivity index (χ1n) is 8.13. The lowest BCUT2D eigenvalue weighted by Gasteiger charge is -2.12. The predicted molar refractivity (Wildman–Crippen MR) is 97.4 cm³/mol. The van der Waals surface area contributed by atoms with Gasteiger partial charge in [0.05, 0.1) is 22.2 Å². The van der Waals surface area contributed by atoms with Crippen LogP contribution in [0.2, 0.25) is 0 Å². The summed E-state index contributed by atoms with van der Waals surface area (Å²) in [7, 11) is 0. The van der Waals surface area contributed by atoms with Crippen molar-refractivity contribution in [2.45, 2.75) is 5.16 Å². The summed E-state index contributed by atoms with van der Waals surface area (Å²) in [5.41, 5.74) is 2.82. The Balaban J connectivity index is 1.36. The largest absolute Gasteiger partial charge is 0.273 e. The van der Waals surface area contributed by atoms with Crippen LogP contribution >= 0.6 is 11.8 Å². The zero-order valence-electron chi connectivity index (χ0n) is 13.5. The second-order valence-corrected chi connectivity index (χ2v) is 6.98. The third-order valence-electron chi connectivity index (χ3n) is 4.43. The van der Waals surface area contributed by atoms with Gasteiger partial charge in [-0.2, -0.15) is 0 Å². The van der Waals surface area contributed by atoms with Crippen LogP contribution in [-0.2, 0) is 0 Å². The molecule has 26 heavy (non-hydrogen) atoms. The number of nitrogens with zero attached hydrogens (tertiary/aromatic N) is 4. The summed E-state index contributed by atoms with van der Waals surface area (Å²) in [6.07, 6.45) is 0. The van der Waals surface area contributed by atoms with E-state index < -0.39 is 0 Å². The van der Waals surface area contributed by atoms with Crippen molar-refractivity contribution in [1.29, 1.82) is 0 Å². The molecule has 4 aromatic rings. The summed E-state index contributed by atoms with van der Waals surface area (Å²) in [5.74, 6) is 0.769. The molecule has 0 radical (unpaired) electrons. The van der Waals surface area contributed by atoms with Crippen molar-refractivity contribution in [2.75, 3.05) is 12.3 Å². The maximum absolute atomic E-state index is 12.4. The van der Waals surface area contributed by atoms with Gasteiger partial charge in [0.25, 0.3) is 11.8 Å². The van der Waals surface area contributed by atoms with Crippen molar-refractivity contribution in [3.05, 3.63) is 59.7 Å².